The molecule has 0 amide bonds. The molecule has 0 aromatic heterocycles. The molecule has 0 heterocycles. The van der Waals surface area contributed by atoms with Gasteiger partial charge in [-0.15, -0.1) is 0 Å². The molecule has 4 nitrogen and oxygen atoms in total. The standard InChI is InChI=1S/C16H22O4/c1-11-5-3-4-6-14(11)20-10-12-7-8-15(19-2)13(9-12)16(17)18/h7-9,11,14H,3-6,10H2,1-2H3,(H,17,18). The molecule has 0 spiro atoms. The van der Waals surface area contributed by atoms with Gasteiger partial charge in [0.2, 0.25) is 0 Å². The van der Waals surface area contributed by atoms with E-state index in [0.717, 1.165) is 12.0 Å². The molecule has 20 heavy (non-hydrogen) atoms. The highest BCUT2D eigenvalue weighted by molar-refractivity contribution is 5.91. The second-order valence-electron chi connectivity index (χ2n) is 5.45. The molecule has 0 radical (unpaired) electrons. The summed E-state index contributed by atoms with van der Waals surface area (Å²) in [5.74, 6) is -0.0111. The summed E-state index contributed by atoms with van der Waals surface area (Å²) < 4.78 is 11.0. The molecule has 4 heteroatoms. The number of rotatable bonds is 5. The van der Waals surface area contributed by atoms with Gasteiger partial charge in [-0.3, -0.25) is 0 Å². The fraction of sp³-hybridized carbons (Fsp3) is 0.562. The highest BCUT2D eigenvalue weighted by atomic mass is 16.5. The third-order valence-corrected chi connectivity index (χ3v) is 3.99. The number of methoxy groups -OCH3 is 1. The molecule has 2 unspecified atom stereocenters. The number of carbonyl (C=O) groups is 1. The fourth-order valence-corrected chi connectivity index (χ4v) is 2.75. The number of hydrogen-bond donors (Lipinski definition) is 1. The van der Waals surface area contributed by atoms with Crippen molar-refractivity contribution in [3.63, 3.8) is 0 Å². The van der Waals surface area contributed by atoms with E-state index in [1.165, 1.54) is 26.4 Å². The molecule has 1 aromatic rings. The predicted octanol–water partition coefficient (Wildman–Crippen LogP) is 3.49. The Bertz CT molecular complexity index is 470. The maximum absolute atomic E-state index is 11.2. The van der Waals surface area contributed by atoms with Crippen molar-refractivity contribution in [3.05, 3.63) is 29.3 Å². The van der Waals surface area contributed by atoms with E-state index >= 15 is 0 Å². The molecule has 0 aliphatic heterocycles. The molecule has 2 rings (SSSR count). The van der Waals surface area contributed by atoms with E-state index in [2.05, 4.69) is 6.92 Å². The highest BCUT2D eigenvalue weighted by Gasteiger charge is 2.22. The van der Waals surface area contributed by atoms with Gasteiger partial charge in [-0.2, -0.15) is 0 Å². The van der Waals surface area contributed by atoms with Crippen LogP contribution in [0.25, 0.3) is 0 Å². The first kappa shape index (κ1) is 14.9. The second-order valence-corrected chi connectivity index (χ2v) is 5.45. The Labute approximate surface area is 119 Å². The van der Waals surface area contributed by atoms with E-state index in [9.17, 15) is 4.79 Å². The molecular formula is C16H22O4. The summed E-state index contributed by atoms with van der Waals surface area (Å²) in [6, 6.07) is 5.18. The largest absolute Gasteiger partial charge is 0.496 e. The minimum atomic E-state index is -0.977. The zero-order valence-electron chi connectivity index (χ0n) is 12.1. The van der Waals surface area contributed by atoms with E-state index in [1.807, 2.05) is 6.07 Å². The van der Waals surface area contributed by atoms with Gasteiger partial charge in [0, 0.05) is 0 Å². The number of carboxylic acids is 1. The van der Waals surface area contributed by atoms with Crippen LogP contribution in [0.5, 0.6) is 5.75 Å². The molecule has 110 valence electrons. The summed E-state index contributed by atoms with van der Waals surface area (Å²) in [5, 5.41) is 9.16. The van der Waals surface area contributed by atoms with Gasteiger partial charge < -0.3 is 14.6 Å². The van der Waals surface area contributed by atoms with Gasteiger partial charge in [0.15, 0.2) is 0 Å². The van der Waals surface area contributed by atoms with E-state index in [0.29, 0.717) is 24.4 Å². The normalized spacial score (nSPS) is 22.5. The van der Waals surface area contributed by atoms with Crippen LogP contribution < -0.4 is 4.74 Å². The van der Waals surface area contributed by atoms with Crippen molar-refractivity contribution in [3.8, 4) is 5.75 Å². The van der Waals surface area contributed by atoms with Gasteiger partial charge in [0.1, 0.15) is 11.3 Å². The smallest absolute Gasteiger partial charge is 0.339 e. The Hall–Kier alpha value is -1.55. The minimum Gasteiger partial charge on any atom is -0.496 e. The van der Waals surface area contributed by atoms with Crippen LogP contribution in [0, 0.1) is 5.92 Å². The number of ether oxygens (including phenoxy) is 2. The lowest BCUT2D eigenvalue weighted by molar-refractivity contribution is -0.0154. The lowest BCUT2D eigenvalue weighted by atomic mass is 9.88. The summed E-state index contributed by atoms with van der Waals surface area (Å²) in [4.78, 5) is 11.2. The summed E-state index contributed by atoms with van der Waals surface area (Å²) >= 11 is 0. The Morgan fingerprint density at radius 3 is 2.75 bits per heavy atom. The lowest BCUT2D eigenvalue weighted by Crippen LogP contribution is -2.25. The van der Waals surface area contributed by atoms with Crippen molar-refractivity contribution in [1.29, 1.82) is 0 Å². The highest BCUT2D eigenvalue weighted by Crippen LogP contribution is 2.27. The average molecular weight is 278 g/mol. The van der Waals surface area contributed by atoms with Crippen molar-refractivity contribution in [2.24, 2.45) is 5.92 Å². The zero-order chi connectivity index (χ0) is 14.5. The van der Waals surface area contributed by atoms with Crippen molar-refractivity contribution < 1.29 is 19.4 Å². The zero-order valence-corrected chi connectivity index (χ0v) is 12.1. The lowest BCUT2D eigenvalue weighted by Gasteiger charge is -2.28. The fourth-order valence-electron chi connectivity index (χ4n) is 2.75. The minimum absolute atomic E-state index is 0.185. The van der Waals surface area contributed by atoms with Crippen LogP contribution in [0.4, 0.5) is 0 Å². The summed E-state index contributed by atoms with van der Waals surface area (Å²) in [6.45, 7) is 2.68. The topological polar surface area (TPSA) is 55.8 Å². The van der Waals surface area contributed by atoms with Crippen molar-refractivity contribution in [2.45, 2.75) is 45.3 Å². The van der Waals surface area contributed by atoms with Crippen LogP contribution in [0.1, 0.15) is 48.5 Å². The number of benzene rings is 1. The van der Waals surface area contributed by atoms with Crippen LogP contribution in [-0.2, 0) is 11.3 Å². The molecule has 0 saturated heterocycles. The quantitative estimate of drug-likeness (QED) is 0.895. The first-order chi connectivity index (χ1) is 9.61. The predicted molar refractivity (Wildman–Crippen MR) is 76.2 cm³/mol. The first-order valence-electron chi connectivity index (χ1n) is 7.13. The Balaban J connectivity index is 2.02. The molecule has 2 atom stereocenters. The molecule has 1 aromatic carbocycles. The number of aromatic carboxylic acids is 1. The van der Waals surface area contributed by atoms with E-state index in [-0.39, 0.29) is 5.56 Å². The van der Waals surface area contributed by atoms with E-state index in [1.54, 1.807) is 12.1 Å². The van der Waals surface area contributed by atoms with Gasteiger partial charge in [-0.1, -0.05) is 25.8 Å². The van der Waals surface area contributed by atoms with Gasteiger partial charge in [-0.05, 0) is 36.5 Å². The molecule has 1 aliphatic rings. The van der Waals surface area contributed by atoms with Crippen molar-refractivity contribution in [2.75, 3.05) is 7.11 Å². The van der Waals surface area contributed by atoms with Crippen molar-refractivity contribution in [1.82, 2.24) is 0 Å². The Morgan fingerprint density at radius 2 is 2.10 bits per heavy atom. The van der Waals surface area contributed by atoms with Crippen LogP contribution in [0.15, 0.2) is 18.2 Å². The van der Waals surface area contributed by atoms with Crippen molar-refractivity contribution >= 4 is 5.97 Å². The number of hydrogen-bond acceptors (Lipinski definition) is 3. The SMILES string of the molecule is COc1ccc(COC2CCCCC2C)cc1C(=O)O. The molecule has 1 aliphatic carbocycles. The second kappa shape index (κ2) is 6.75. The third-order valence-electron chi connectivity index (χ3n) is 3.99. The third kappa shape index (κ3) is 3.51. The van der Waals surface area contributed by atoms with E-state index in [4.69, 9.17) is 14.6 Å². The van der Waals surface area contributed by atoms with Crippen LogP contribution in [-0.4, -0.2) is 24.3 Å². The summed E-state index contributed by atoms with van der Waals surface area (Å²) in [6.07, 6.45) is 5.11. The van der Waals surface area contributed by atoms with Crippen LogP contribution >= 0.6 is 0 Å². The summed E-state index contributed by atoms with van der Waals surface area (Å²) in [7, 11) is 1.47. The molecule has 0 bridgehead atoms. The Morgan fingerprint density at radius 1 is 1.35 bits per heavy atom. The molecule has 1 saturated carbocycles. The maximum Gasteiger partial charge on any atom is 0.339 e. The molecule has 1 N–H and O–H groups in total. The maximum atomic E-state index is 11.2. The molecule has 1 fully saturated rings. The Kier molecular flexibility index (Phi) is 5.01. The van der Waals surface area contributed by atoms with Gasteiger partial charge in [0.05, 0.1) is 19.8 Å². The van der Waals surface area contributed by atoms with Gasteiger partial charge in [0.25, 0.3) is 0 Å². The molecular weight excluding hydrogens is 256 g/mol. The average Bonchev–Trinajstić information content (AvgIpc) is 2.46. The monoisotopic (exact) mass is 278 g/mol. The number of carboxylic acid groups (broad SMARTS) is 1. The summed E-state index contributed by atoms with van der Waals surface area (Å²) in [5.41, 5.74) is 1.06. The van der Waals surface area contributed by atoms with Gasteiger partial charge >= 0.3 is 5.97 Å². The van der Waals surface area contributed by atoms with E-state index < -0.39 is 5.97 Å². The first-order valence-corrected chi connectivity index (χ1v) is 7.13. The van der Waals surface area contributed by atoms with Gasteiger partial charge in [-0.25, -0.2) is 4.79 Å². The van der Waals surface area contributed by atoms with Crippen LogP contribution in [0.2, 0.25) is 0 Å². The van der Waals surface area contributed by atoms with Crippen LogP contribution in [0.3, 0.4) is 0 Å².